The van der Waals surface area contributed by atoms with Gasteiger partial charge in [-0.2, -0.15) is 10.2 Å². The van der Waals surface area contributed by atoms with Crippen LogP contribution in [0.15, 0.2) is 70.9 Å². The van der Waals surface area contributed by atoms with Gasteiger partial charge in [0.25, 0.3) is 0 Å². The summed E-state index contributed by atoms with van der Waals surface area (Å²) in [6, 6.07) is 17.7. The molecule has 2 heteroatoms. The summed E-state index contributed by atoms with van der Waals surface area (Å²) in [5.41, 5.74) is 2.90. The lowest BCUT2D eigenvalue weighted by atomic mass is 10.2. The first-order valence-electron chi connectivity index (χ1n) is 5.58. The Morgan fingerprint density at radius 1 is 0.765 bits per heavy atom. The molecule has 0 amide bonds. The van der Waals surface area contributed by atoms with Crippen molar-refractivity contribution in [2.24, 2.45) is 10.2 Å². The fourth-order valence-corrected chi connectivity index (χ4v) is 1.45. The highest BCUT2D eigenvalue weighted by Gasteiger charge is 1.90. The molecule has 0 heterocycles. The Morgan fingerprint density at radius 3 is 1.94 bits per heavy atom. The molecule has 0 N–H and O–H groups in total. The largest absolute Gasteiger partial charge is 0.151 e. The first kappa shape index (κ1) is 11.3. The third-order valence-corrected chi connectivity index (χ3v) is 2.29. The summed E-state index contributed by atoms with van der Waals surface area (Å²) in [5, 5.41) is 8.34. The Hall–Kier alpha value is -2.22. The van der Waals surface area contributed by atoms with E-state index in [1.54, 1.807) is 0 Å². The lowest BCUT2D eigenvalue weighted by Crippen LogP contribution is -1.69. The van der Waals surface area contributed by atoms with Crippen LogP contribution < -0.4 is 0 Å². The summed E-state index contributed by atoms with van der Waals surface area (Å²) in [6.07, 6.45) is 4.07. The van der Waals surface area contributed by atoms with E-state index in [4.69, 9.17) is 0 Å². The Labute approximate surface area is 101 Å². The number of azo groups is 1. The minimum atomic E-state index is 0.863. The van der Waals surface area contributed by atoms with Crippen molar-refractivity contribution in [1.29, 1.82) is 0 Å². The van der Waals surface area contributed by atoms with E-state index in [0.29, 0.717) is 0 Å². The molecule has 0 bridgehead atoms. The standard InChI is InChI=1S/C15H14N2/c1-2-6-13-9-11-15(12-10-13)17-16-14-7-4-3-5-8-14/h2-12H,1H3/b6-2-,17-16?. The van der Waals surface area contributed by atoms with E-state index in [-0.39, 0.29) is 0 Å². The topological polar surface area (TPSA) is 24.7 Å². The predicted octanol–water partition coefficient (Wildman–Crippen LogP) is 5.14. The maximum atomic E-state index is 4.18. The first-order chi connectivity index (χ1) is 8.38. The third-order valence-electron chi connectivity index (χ3n) is 2.29. The normalized spacial score (nSPS) is 11.4. The molecule has 0 aromatic heterocycles. The minimum absolute atomic E-state index is 0.863. The van der Waals surface area contributed by atoms with Gasteiger partial charge in [0.15, 0.2) is 0 Å². The van der Waals surface area contributed by atoms with Crippen LogP contribution in [0.2, 0.25) is 0 Å². The Kier molecular flexibility index (Phi) is 3.81. The van der Waals surface area contributed by atoms with Gasteiger partial charge >= 0.3 is 0 Å². The average molecular weight is 222 g/mol. The SMILES string of the molecule is C/C=C\c1ccc(N=Nc2ccccc2)cc1. The van der Waals surface area contributed by atoms with Gasteiger partial charge in [-0.05, 0) is 36.8 Å². The minimum Gasteiger partial charge on any atom is -0.151 e. The molecule has 2 aromatic rings. The van der Waals surface area contributed by atoms with Crippen LogP contribution in [-0.4, -0.2) is 0 Å². The highest BCUT2D eigenvalue weighted by Crippen LogP contribution is 2.18. The number of benzene rings is 2. The fourth-order valence-electron chi connectivity index (χ4n) is 1.45. The van der Waals surface area contributed by atoms with Crippen molar-refractivity contribution >= 4 is 17.5 Å². The number of hydrogen-bond acceptors (Lipinski definition) is 2. The Morgan fingerprint density at radius 2 is 1.35 bits per heavy atom. The van der Waals surface area contributed by atoms with E-state index < -0.39 is 0 Å². The maximum Gasteiger partial charge on any atom is 0.0857 e. The average Bonchev–Trinajstić information content (AvgIpc) is 2.40. The van der Waals surface area contributed by atoms with Crippen LogP contribution in [-0.2, 0) is 0 Å². The fraction of sp³-hybridized carbons (Fsp3) is 0.0667. The van der Waals surface area contributed by atoms with Crippen molar-refractivity contribution in [3.8, 4) is 0 Å². The predicted molar refractivity (Wildman–Crippen MR) is 71.8 cm³/mol. The van der Waals surface area contributed by atoms with Crippen LogP contribution in [0.5, 0.6) is 0 Å². The van der Waals surface area contributed by atoms with E-state index in [1.807, 2.05) is 67.6 Å². The number of rotatable bonds is 3. The molecular formula is C15H14N2. The number of nitrogens with zero attached hydrogens (tertiary/aromatic N) is 2. The molecule has 0 radical (unpaired) electrons. The monoisotopic (exact) mass is 222 g/mol. The van der Waals surface area contributed by atoms with Crippen LogP contribution in [0, 0.1) is 0 Å². The van der Waals surface area contributed by atoms with Crippen molar-refractivity contribution in [2.45, 2.75) is 6.92 Å². The number of allylic oxidation sites excluding steroid dienone is 1. The van der Waals surface area contributed by atoms with Crippen molar-refractivity contribution in [3.05, 3.63) is 66.2 Å². The van der Waals surface area contributed by atoms with Crippen molar-refractivity contribution < 1.29 is 0 Å². The summed E-state index contributed by atoms with van der Waals surface area (Å²) in [6.45, 7) is 2.00. The molecule has 0 aliphatic heterocycles. The van der Waals surface area contributed by atoms with Gasteiger partial charge in [-0.1, -0.05) is 42.5 Å². The molecule has 0 spiro atoms. The van der Waals surface area contributed by atoms with Crippen LogP contribution >= 0.6 is 0 Å². The zero-order valence-electron chi connectivity index (χ0n) is 9.75. The molecule has 0 unspecified atom stereocenters. The molecule has 0 aliphatic rings. The lowest BCUT2D eigenvalue weighted by molar-refractivity contribution is 1.23. The summed E-state index contributed by atoms with van der Waals surface area (Å²) in [7, 11) is 0. The van der Waals surface area contributed by atoms with Gasteiger partial charge in [0, 0.05) is 0 Å². The molecule has 0 fully saturated rings. The second-order valence-electron chi connectivity index (χ2n) is 3.63. The summed E-state index contributed by atoms with van der Waals surface area (Å²) in [5.74, 6) is 0. The zero-order valence-corrected chi connectivity index (χ0v) is 9.75. The second-order valence-corrected chi connectivity index (χ2v) is 3.63. The summed E-state index contributed by atoms with van der Waals surface area (Å²) < 4.78 is 0. The molecular weight excluding hydrogens is 208 g/mol. The molecule has 0 saturated carbocycles. The van der Waals surface area contributed by atoms with E-state index in [0.717, 1.165) is 11.4 Å². The first-order valence-corrected chi connectivity index (χ1v) is 5.58. The quantitative estimate of drug-likeness (QED) is 0.643. The van der Waals surface area contributed by atoms with E-state index in [1.165, 1.54) is 5.56 Å². The molecule has 2 aromatic carbocycles. The van der Waals surface area contributed by atoms with Crippen molar-refractivity contribution in [1.82, 2.24) is 0 Å². The molecule has 0 saturated heterocycles. The van der Waals surface area contributed by atoms with Gasteiger partial charge in [-0.3, -0.25) is 0 Å². The Balaban J connectivity index is 2.11. The summed E-state index contributed by atoms with van der Waals surface area (Å²) >= 11 is 0. The highest BCUT2D eigenvalue weighted by atomic mass is 15.1. The molecule has 17 heavy (non-hydrogen) atoms. The third kappa shape index (κ3) is 3.38. The van der Waals surface area contributed by atoms with Gasteiger partial charge in [0.2, 0.25) is 0 Å². The van der Waals surface area contributed by atoms with Crippen molar-refractivity contribution in [3.63, 3.8) is 0 Å². The van der Waals surface area contributed by atoms with Gasteiger partial charge in [-0.15, -0.1) is 0 Å². The van der Waals surface area contributed by atoms with E-state index in [2.05, 4.69) is 16.3 Å². The second kappa shape index (κ2) is 5.75. The molecule has 2 nitrogen and oxygen atoms in total. The van der Waals surface area contributed by atoms with Gasteiger partial charge < -0.3 is 0 Å². The maximum absolute atomic E-state index is 4.18. The highest BCUT2D eigenvalue weighted by molar-refractivity contribution is 5.52. The van der Waals surface area contributed by atoms with Gasteiger partial charge in [-0.25, -0.2) is 0 Å². The van der Waals surface area contributed by atoms with Crippen LogP contribution in [0.4, 0.5) is 11.4 Å². The van der Waals surface area contributed by atoms with Gasteiger partial charge in [0.05, 0.1) is 11.4 Å². The van der Waals surface area contributed by atoms with E-state index >= 15 is 0 Å². The van der Waals surface area contributed by atoms with Gasteiger partial charge in [0.1, 0.15) is 0 Å². The summed E-state index contributed by atoms with van der Waals surface area (Å²) in [4.78, 5) is 0. The molecule has 2 rings (SSSR count). The van der Waals surface area contributed by atoms with Crippen molar-refractivity contribution in [2.75, 3.05) is 0 Å². The Bertz CT molecular complexity index is 510. The lowest BCUT2D eigenvalue weighted by Gasteiger charge is -1.95. The van der Waals surface area contributed by atoms with Crippen LogP contribution in [0.3, 0.4) is 0 Å². The molecule has 84 valence electrons. The smallest absolute Gasteiger partial charge is 0.0857 e. The molecule has 0 aliphatic carbocycles. The molecule has 0 atom stereocenters. The van der Waals surface area contributed by atoms with E-state index in [9.17, 15) is 0 Å². The number of hydrogen-bond donors (Lipinski definition) is 0. The van der Waals surface area contributed by atoms with Crippen LogP contribution in [0.1, 0.15) is 12.5 Å². The van der Waals surface area contributed by atoms with Crippen LogP contribution in [0.25, 0.3) is 6.08 Å². The zero-order chi connectivity index (χ0) is 11.9.